The molecule has 4 nitrogen and oxygen atoms in total. The molecule has 0 spiro atoms. The van der Waals surface area contributed by atoms with Gasteiger partial charge in [0.15, 0.2) is 0 Å². The van der Waals surface area contributed by atoms with E-state index in [1.807, 2.05) is 17.0 Å². The zero-order chi connectivity index (χ0) is 9.97. The van der Waals surface area contributed by atoms with Gasteiger partial charge in [-0.25, -0.2) is 0 Å². The molecule has 1 saturated heterocycles. The molecule has 76 valence electrons. The van der Waals surface area contributed by atoms with Gasteiger partial charge < -0.3 is 15.2 Å². The highest BCUT2D eigenvalue weighted by atomic mass is 16.2. The van der Waals surface area contributed by atoms with Crippen LogP contribution in [-0.2, 0) is 0 Å². The quantitative estimate of drug-likeness (QED) is 0.680. The third-order valence-electron chi connectivity index (χ3n) is 2.48. The average molecular weight is 193 g/mol. The Morgan fingerprint density at radius 2 is 2.50 bits per heavy atom. The maximum absolute atomic E-state index is 11.9. The molecule has 2 rings (SSSR count). The van der Waals surface area contributed by atoms with E-state index in [-0.39, 0.29) is 5.91 Å². The van der Waals surface area contributed by atoms with E-state index in [1.54, 1.807) is 6.20 Å². The van der Waals surface area contributed by atoms with Crippen LogP contribution in [0, 0.1) is 0 Å². The molecule has 14 heavy (non-hydrogen) atoms. The molecule has 1 amide bonds. The Labute approximate surface area is 83.3 Å². The molecule has 0 aliphatic carbocycles. The number of piperazine rings is 1. The van der Waals surface area contributed by atoms with Crippen LogP contribution in [0.3, 0.4) is 0 Å². The van der Waals surface area contributed by atoms with Gasteiger partial charge in [-0.3, -0.25) is 4.79 Å². The van der Waals surface area contributed by atoms with Crippen molar-refractivity contribution in [1.29, 1.82) is 0 Å². The first kappa shape index (κ1) is 9.27. The number of aromatic nitrogens is 1. The van der Waals surface area contributed by atoms with E-state index in [0.29, 0.717) is 11.7 Å². The SMILES string of the molecule is C[C@H]1CN(C(=O)c2ccc[nH]2)CCN1. The first-order valence-corrected chi connectivity index (χ1v) is 4.93. The van der Waals surface area contributed by atoms with E-state index in [2.05, 4.69) is 17.2 Å². The molecule has 2 N–H and O–H groups in total. The normalized spacial score (nSPS) is 22.4. The van der Waals surface area contributed by atoms with Crippen molar-refractivity contribution in [3.05, 3.63) is 24.0 Å². The molecule has 0 saturated carbocycles. The highest BCUT2D eigenvalue weighted by Gasteiger charge is 2.21. The number of carbonyl (C=O) groups is 1. The number of hydrogen-bond donors (Lipinski definition) is 2. The van der Waals surface area contributed by atoms with Gasteiger partial charge in [0.1, 0.15) is 5.69 Å². The topological polar surface area (TPSA) is 48.1 Å². The molecule has 0 bridgehead atoms. The van der Waals surface area contributed by atoms with E-state index in [4.69, 9.17) is 0 Å². The van der Waals surface area contributed by atoms with Crippen LogP contribution < -0.4 is 5.32 Å². The van der Waals surface area contributed by atoms with Gasteiger partial charge in [-0.15, -0.1) is 0 Å². The number of rotatable bonds is 1. The first-order valence-electron chi connectivity index (χ1n) is 4.93. The number of hydrogen-bond acceptors (Lipinski definition) is 2. The van der Waals surface area contributed by atoms with Crippen molar-refractivity contribution >= 4 is 5.91 Å². The number of nitrogens with zero attached hydrogens (tertiary/aromatic N) is 1. The smallest absolute Gasteiger partial charge is 0.270 e. The summed E-state index contributed by atoms with van der Waals surface area (Å²) in [6, 6.07) is 4.05. The van der Waals surface area contributed by atoms with E-state index in [1.165, 1.54) is 0 Å². The Kier molecular flexibility index (Phi) is 2.54. The van der Waals surface area contributed by atoms with Gasteiger partial charge in [-0.1, -0.05) is 0 Å². The molecule has 0 aromatic carbocycles. The minimum absolute atomic E-state index is 0.100. The number of aromatic amines is 1. The van der Waals surface area contributed by atoms with E-state index in [0.717, 1.165) is 19.6 Å². The van der Waals surface area contributed by atoms with Crippen molar-refractivity contribution in [3.63, 3.8) is 0 Å². The second-order valence-corrected chi connectivity index (χ2v) is 3.69. The van der Waals surface area contributed by atoms with Crippen molar-refractivity contribution in [2.45, 2.75) is 13.0 Å². The molecule has 1 aliphatic heterocycles. The molecule has 4 heteroatoms. The standard InChI is InChI=1S/C10H15N3O/c1-8-7-13(6-5-11-8)10(14)9-3-2-4-12-9/h2-4,8,11-12H,5-7H2,1H3/t8-/m0/s1. The van der Waals surface area contributed by atoms with Crippen LogP contribution in [0.15, 0.2) is 18.3 Å². The largest absolute Gasteiger partial charge is 0.357 e. The third-order valence-corrected chi connectivity index (χ3v) is 2.48. The fourth-order valence-corrected chi connectivity index (χ4v) is 1.75. The molecule has 1 aromatic heterocycles. The van der Waals surface area contributed by atoms with Gasteiger partial charge in [-0.2, -0.15) is 0 Å². The fourth-order valence-electron chi connectivity index (χ4n) is 1.75. The van der Waals surface area contributed by atoms with E-state index < -0.39 is 0 Å². The summed E-state index contributed by atoms with van der Waals surface area (Å²) in [5.74, 6) is 0.100. The van der Waals surface area contributed by atoms with Crippen LogP contribution in [-0.4, -0.2) is 41.5 Å². The number of carbonyl (C=O) groups excluding carboxylic acids is 1. The zero-order valence-electron chi connectivity index (χ0n) is 8.29. The third kappa shape index (κ3) is 1.80. The van der Waals surface area contributed by atoms with Crippen molar-refractivity contribution < 1.29 is 4.79 Å². The average Bonchev–Trinajstić information content (AvgIpc) is 2.69. The first-order chi connectivity index (χ1) is 6.77. The monoisotopic (exact) mass is 193 g/mol. The maximum Gasteiger partial charge on any atom is 0.270 e. The lowest BCUT2D eigenvalue weighted by Gasteiger charge is -2.31. The Bertz CT molecular complexity index is 307. The molecule has 1 atom stereocenters. The number of H-pyrrole nitrogens is 1. The Hall–Kier alpha value is -1.29. The van der Waals surface area contributed by atoms with Crippen LogP contribution in [0.25, 0.3) is 0 Å². The van der Waals surface area contributed by atoms with E-state index in [9.17, 15) is 4.79 Å². The summed E-state index contributed by atoms with van der Waals surface area (Å²) in [4.78, 5) is 16.7. The number of amides is 1. The molecular formula is C10H15N3O. The van der Waals surface area contributed by atoms with Crippen molar-refractivity contribution in [2.24, 2.45) is 0 Å². The Morgan fingerprint density at radius 1 is 1.64 bits per heavy atom. The van der Waals surface area contributed by atoms with Gasteiger partial charge in [-0.05, 0) is 19.1 Å². The molecule has 1 fully saturated rings. The van der Waals surface area contributed by atoms with Gasteiger partial charge in [0, 0.05) is 31.9 Å². The van der Waals surface area contributed by atoms with Crippen LogP contribution >= 0.6 is 0 Å². The van der Waals surface area contributed by atoms with E-state index >= 15 is 0 Å². The molecular weight excluding hydrogens is 178 g/mol. The summed E-state index contributed by atoms with van der Waals surface area (Å²) in [5.41, 5.74) is 0.680. The predicted octanol–water partition coefficient (Wildman–Crippen LogP) is 0.449. The van der Waals surface area contributed by atoms with Crippen molar-refractivity contribution in [3.8, 4) is 0 Å². The summed E-state index contributed by atoms with van der Waals surface area (Å²) in [6.45, 7) is 4.56. The van der Waals surface area contributed by atoms with Gasteiger partial charge in [0.05, 0.1) is 0 Å². The highest BCUT2D eigenvalue weighted by Crippen LogP contribution is 2.05. The Balaban J connectivity index is 2.04. The second-order valence-electron chi connectivity index (χ2n) is 3.69. The van der Waals surface area contributed by atoms with Crippen LogP contribution in [0.5, 0.6) is 0 Å². The summed E-state index contributed by atoms with van der Waals surface area (Å²) < 4.78 is 0. The molecule has 0 unspecified atom stereocenters. The van der Waals surface area contributed by atoms with Crippen LogP contribution in [0.4, 0.5) is 0 Å². The van der Waals surface area contributed by atoms with Gasteiger partial charge >= 0.3 is 0 Å². The maximum atomic E-state index is 11.9. The Morgan fingerprint density at radius 3 is 3.14 bits per heavy atom. The molecule has 1 aromatic rings. The highest BCUT2D eigenvalue weighted by molar-refractivity contribution is 5.92. The molecule has 1 aliphatic rings. The molecule has 2 heterocycles. The fraction of sp³-hybridized carbons (Fsp3) is 0.500. The number of nitrogens with one attached hydrogen (secondary N) is 2. The van der Waals surface area contributed by atoms with Crippen LogP contribution in [0.2, 0.25) is 0 Å². The summed E-state index contributed by atoms with van der Waals surface area (Å²) in [5, 5.41) is 3.31. The minimum atomic E-state index is 0.100. The lowest BCUT2D eigenvalue weighted by molar-refractivity contribution is 0.0704. The van der Waals surface area contributed by atoms with Crippen LogP contribution in [0.1, 0.15) is 17.4 Å². The lowest BCUT2D eigenvalue weighted by Crippen LogP contribution is -2.51. The minimum Gasteiger partial charge on any atom is -0.357 e. The predicted molar refractivity (Wildman–Crippen MR) is 54.2 cm³/mol. The summed E-state index contributed by atoms with van der Waals surface area (Å²) in [7, 11) is 0. The van der Waals surface area contributed by atoms with Crippen molar-refractivity contribution in [2.75, 3.05) is 19.6 Å². The molecule has 0 radical (unpaired) electrons. The summed E-state index contributed by atoms with van der Waals surface area (Å²) >= 11 is 0. The second kappa shape index (κ2) is 3.84. The summed E-state index contributed by atoms with van der Waals surface area (Å²) in [6.07, 6.45) is 1.78. The zero-order valence-corrected chi connectivity index (χ0v) is 8.29. The van der Waals surface area contributed by atoms with Gasteiger partial charge in [0.25, 0.3) is 5.91 Å². The lowest BCUT2D eigenvalue weighted by atomic mass is 10.2. The van der Waals surface area contributed by atoms with Crippen molar-refractivity contribution in [1.82, 2.24) is 15.2 Å². The van der Waals surface area contributed by atoms with Gasteiger partial charge in [0.2, 0.25) is 0 Å².